The second-order valence-corrected chi connectivity index (χ2v) is 3.23. The van der Waals surface area contributed by atoms with E-state index in [1.807, 2.05) is 0 Å². The lowest BCUT2D eigenvalue weighted by Gasteiger charge is -2.03. The van der Waals surface area contributed by atoms with Crippen LogP contribution < -0.4 is 11.1 Å². The van der Waals surface area contributed by atoms with Crippen LogP contribution >= 0.6 is 0 Å². The topological polar surface area (TPSA) is 99.0 Å². The minimum absolute atomic E-state index is 0.267. The molecule has 2 heterocycles. The number of carbonyl (C=O) groups is 1. The molecule has 7 heteroatoms. The molecule has 0 aliphatic rings. The van der Waals surface area contributed by atoms with Crippen molar-refractivity contribution in [1.82, 2.24) is 20.3 Å². The number of nitrogens with two attached hydrogens (primary N) is 1. The first-order chi connectivity index (χ1) is 7.68. The van der Waals surface area contributed by atoms with Crippen LogP contribution in [0.4, 0.5) is 5.69 Å². The number of aromatic nitrogens is 3. The van der Waals surface area contributed by atoms with Crippen molar-refractivity contribution >= 4 is 11.6 Å². The zero-order chi connectivity index (χ0) is 11.5. The Balaban J connectivity index is 2.04. The van der Waals surface area contributed by atoms with E-state index in [-0.39, 0.29) is 12.5 Å². The number of carbonyl (C=O) groups excluding carboxylic acids is 1. The van der Waals surface area contributed by atoms with Gasteiger partial charge in [-0.05, 0) is 0 Å². The number of amides is 1. The third-order valence-corrected chi connectivity index (χ3v) is 2.10. The molecule has 0 fully saturated rings. The van der Waals surface area contributed by atoms with Gasteiger partial charge in [-0.15, -0.1) is 0 Å². The molecule has 0 atom stereocenters. The minimum atomic E-state index is -0.297. The first-order valence-corrected chi connectivity index (χ1v) is 4.63. The van der Waals surface area contributed by atoms with Crippen molar-refractivity contribution in [3.63, 3.8) is 0 Å². The zero-order valence-electron chi connectivity index (χ0n) is 8.67. The molecule has 16 heavy (non-hydrogen) atoms. The van der Waals surface area contributed by atoms with Crippen molar-refractivity contribution in [3.05, 3.63) is 29.9 Å². The molecule has 0 unspecified atom stereocenters. The second kappa shape index (κ2) is 4.05. The fourth-order valence-electron chi connectivity index (χ4n) is 1.32. The van der Waals surface area contributed by atoms with Crippen molar-refractivity contribution in [2.24, 2.45) is 7.05 Å². The van der Waals surface area contributed by atoms with E-state index in [4.69, 9.17) is 10.3 Å². The van der Waals surface area contributed by atoms with Crippen molar-refractivity contribution in [3.8, 4) is 0 Å². The molecule has 0 saturated heterocycles. The highest BCUT2D eigenvalue weighted by Crippen LogP contribution is 2.09. The maximum absolute atomic E-state index is 11.7. The van der Waals surface area contributed by atoms with Crippen molar-refractivity contribution < 1.29 is 9.32 Å². The van der Waals surface area contributed by atoms with Crippen molar-refractivity contribution in [2.45, 2.75) is 6.54 Å². The average Bonchev–Trinajstić information content (AvgIpc) is 2.86. The summed E-state index contributed by atoms with van der Waals surface area (Å²) in [4.78, 5) is 11.7. The molecule has 0 bridgehead atoms. The van der Waals surface area contributed by atoms with E-state index in [0.717, 1.165) is 0 Å². The van der Waals surface area contributed by atoms with E-state index in [9.17, 15) is 4.79 Å². The predicted molar refractivity (Wildman–Crippen MR) is 55.3 cm³/mol. The molecule has 0 saturated carbocycles. The summed E-state index contributed by atoms with van der Waals surface area (Å²) in [7, 11) is 1.65. The molecule has 3 N–H and O–H groups in total. The quantitative estimate of drug-likeness (QED) is 0.755. The van der Waals surface area contributed by atoms with Gasteiger partial charge < -0.3 is 15.6 Å². The van der Waals surface area contributed by atoms with Crippen LogP contribution in [0.2, 0.25) is 0 Å². The third-order valence-electron chi connectivity index (χ3n) is 2.10. The van der Waals surface area contributed by atoms with Crippen molar-refractivity contribution in [2.75, 3.05) is 5.73 Å². The van der Waals surface area contributed by atoms with Gasteiger partial charge in [-0.1, -0.05) is 5.16 Å². The van der Waals surface area contributed by atoms with Crippen LogP contribution in [0.5, 0.6) is 0 Å². The van der Waals surface area contributed by atoms with E-state index < -0.39 is 0 Å². The Hall–Kier alpha value is -2.31. The molecule has 2 rings (SSSR count). The van der Waals surface area contributed by atoms with Gasteiger partial charge in [-0.3, -0.25) is 9.48 Å². The van der Waals surface area contributed by atoms with Crippen LogP contribution in [0.25, 0.3) is 0 Å². The number of nitrogens with zero attached hydrogens (tertiary/aromatic N) is 3. The number of hydrogen-bond acceptors (Lipinski definition) is 5. The van der Waals surface area contributed by atoms with E-state index in [2.05, 4.69) is 15.6 Å². The number of anilines is 1. The number of nitrogen functional groups attached to an aromatic ring is 1. The number of rotatable bonds is 3. The molecule has 0 radical (unpaired) electrons. The minimum Gasteiger partial charge on any atom is -0.396 e. The molecule has 2 aromatic heterocycles. The lowest BCUT2D eigenvalue weighted by atomic mass is 10.3. The van der Waals surface area contributed by atoms with E-state index in [1.54, 1.807) is 13.1 Å². The Morgan fingerprint density at radius 3 is 3.06 bits per heavy atom. The first kappa shape index (κ1) is 10.2. The van der Waals surface area contributed by atoms with Gasteiger partial charge in [0.05, 0.1) is 24.6 Å². The lowest BCUT2D eigenvalue weighted by Crippen LogP contribution is -2.25. The van der Waals surface area contributed by atoms with Crippen LogP contribution in [0.3, 0.4) is 0 Å². The Morgan fingerprint density at radius 1 is 1.69 bits per heavy atom. The van der Waals surface area contributed by atoms with Crippen molar-refractivity contribution in [1.29, 1.82) is 0 Å². The number of nitrogens with one attached hydrogen (secondary N) is 1. The largest absolute Gasteiger partial charge is 0.396 e. The normalized spacial score (nSPS) is 10.3. The average molecular weight is 221 g/mol. The summed E-state index contributed by atoms with van der Waals surface area (Å²) >= 11 is 0. The Bertz CT molecular complexity index is 468. The fraction of sp³-hybridized carbons (Fsp3) is 0.222. The van der Waals surface area contributed by atoms with Crippen LogP contribution in [0.1, 0.15) is 16.2 Å². The Morgan fingerprint density at radius 2 is 2.50 bits per heavy atom. The smallest absolute Gasteiger partial charge is 0.272 e. The summed E-state index contributed by atoms with van der Waals surface area (Å²) in [5, 5.41) is 10.1. The van der Waals surface area contributed by atoms with Crippen LogP contribution in [-0.2, 0) is 13.6 Å². The maximum Gasteiger partial charge on any atom is 0.272 e. The molecule has 7 nitrogen and oxygen atoms in total. The van der Waals surface area contributed by atoms with Gasteiger partial charge in [0.25, 0.3) is 5.91 Å². The molecule has 0 aliphatic heterocycles. The molecule has 0 aromatic carbocycles. The number of aryl methyl sites for hydroxylation is 1. The van der Waals surface area contributed by atoms with Gasteiger partial charge in [0.2, 0.25) is 0 Å². The fourth-order valence-corrected chi connectivity index (χ4v) is 1.32. The summed E-state index contributed by atoms with van der Waals surface area (Å²) < 4.78 is 6.27. The second-order valence-electron chi connectivity index (χ2n) is 3.23. The highest BCUT2D eigenvalue weighted by Gasteiger charge is 2.14. The molecule has 0 spiro atoms. The Labute approximate surface area is 91.2 Å². The van der Waals surface area contributed by atoms with Gasteiger partial charge in [-0.2, -0.15) is 5.10 Å². The zero-order valence-corrected chi connectivity index (χ0v) is 8.67. The van der Waals surface area contributed by atoms with Crippen LogP contribution in [0.15, 0.2) is 23.0 Å². The summed E-state index contributed by atoms with van der Waals surface area (Å²) in [5.74, 6) is 0.281. The summed E-state index contributed by atoms with van der Waals surface area (Å²) in [6.07, 6.45) is 2.95. The molecule has 84 valence electrons. The van der Waals surface area contributed by atoms with Gasteiger partial charge in [-0.25, -0.2) is 0 Å². The molecule has 2 aromatic rings. The standard InChI is InChI=1S/C9H11N5O2/c1-14-8(7(10)5-12-14)9(15)11-4-6-2-3-13-16-6/h2-3,5H,4,10H2,1H3,(H,11,15). The van der Waals surface area contributed by atoms with Crippen LogP contribution in [-0.4, -0.2) is 20.8 Å². The lowest BCUT2D eigenvalue weighted by molar-refractivity contribution is 0.0938. The maximum atomic E-state index is 11.7. The predicted octanol–water partition coefficient (Wildman–Crippen LogP) is -0.0797. The van der Waals surface area contributed by atoms with E-state index in [1.165, 1.54) is 17.1 Å². The first-order valence-electron chi connectivity index (χ1n) is 4.63. The Kier molecular flexibility index (Phi) is 2.59. The summed E-state index contributed by atoms with van der Waals surface area (Å²) in [5.41, 5.74) is 6.29. The molecular weight excluding hydrogens is 210 g/mol. The monoisotopic (exact) mass is 221 g/mol. The van der Waals surface area contributed by atoms with E-state index in [0.29, 0.717) is 17.1 Å². The molecule has 0 aliphatic carbocycles. The third kappa shape index (κ3) is 1.88. The number of hydrogen-bond donors (Lipinski definition) is 2. The SMILES string of the molecule is Cn1ncc(N)c1C(=O)NCc1ccno1. The molecular formula is C9H11N5O2. The van der Waals surface area contributed by atoms with Gasteiger partial charge >= 0.3 is 0 Å². The summed E-state index contributed by atoms with van der Waals surface area (Å²) in [6, 6.07) is 1.67. The van der Waals surface area contributed by atoms with Crippen LogP contribution in [0, 0.1) is 0 Å². The van der Waals surface area contributed by atoms with E-state index >= 15 is 0 Å². The highest BCUT2D eigenvalue weighted by molar-refractivity contribution is 5.97. The van der Waals surface area contributed by atoms with Gasteiger partial charge in [0, 0.05) is 13.1 Å². The summed E-state index contributed by atoms with van der Waals surface area (Å²) in [6.45, 7) is 0.267. The highest BCUT2D eigenvalue weighted by atomic mass is 16.5. The van der Waals surface area contributed by atoms with Gasteiger partial charge in [0.15, 0.2) is 5.76 Å². The molecule has 1 amide bonds. The van der Waals surface area contributed by atoms with Gasteiger partial charge in [0.1, 0.15) is 5.69 Å².